The maximum atomic E-state index is 11.9. The predicted molar refractivity (Wildman–Crippen MR) is 91.4 cm³/mol. The van der Waals surface area contributed by atoms with Gasteiger partial charge >= 0.3 is 0 Å². The van der Waals surface area contributed by atoms with Gasteiger partial charge in [-0.05, 0) is 42.9 Å². The zero-order valence-corrected chi connectivity index (χ0v) is 14.0. The Balaban J connectivity index is 1.76. The summed E-state index contributed by atoms with van der Waals surface area (Å²) in [5.41, 5.74) is 6.59. The molecule has 4 N–H and O–H groups in total. The van der Waals surface area contributed by atoms with E-state index in [2.05, 4.69) is 26.4 Å². The molecule has 9 heteroatoms. The van der Waals surface area contributed by atoms with E-state index in [0.717, 1.165) is 11.3 Å². The normalized spacial score (nSPS) is 9.92. The fraction of sp³-hybridized carbons (Fsp3) is 0.200. The van der Waals surface area contributed by atoms with Gasteiger partial charge in [0.2, 0.25) is 5.91 Å². The van der Waals surface area contributed by atoms with Crippen LogP contribution in [0.1, 0.15) is 21.7 Å². The van der Waals surface area contributed by atoms with E-state index >= 15 is 0 Å². The van der Waals surface area contributed by atoms with Gasteiger partial charge in [-0.25, -0.2) is 0 Å². The zero-order chi connectivity index (χ0) is 17.5. The van der Waals surface area contributed by atoms with Crippen molar-refractivity contribution in [2.75, 3.05) is 7.11 Å². The maximum absolute atomic E-state index is 11.9. The van der Waals surface area contributed by atoms with Crippen LogP contribution in [0, 0.1) is 6.92 Å². The Kier molecular flexibility index (Phi) is 5.85. The van der Waals surface area contributed by atoms with Gasteiger partial charge in [0.25, 0.3) is 5.91 Å². The van der Waals surface area contributed by atoms with E-state index in [9.17, 15) is 9.59 Å². The highest BCUT2D eigenvalue weighted by Crippen LogP contribution is 2.11. The van der Waals surface area contributed by atoms with Crippen LogP contribution in [-0.4, -0.2) is 34.2 Å². The van der Waals surface area contributed by atoms with Gasteiger partial charge in [0.05, 0.1) is 13.5 Å². The minimum Gasteiger partial charge on any atom is -0.497 e. The summed E-state index contributed by atoms with van der Waals surface area (Å²) in [5.74, 6) is -0.0544. The first-order valence-electron chi connectivity index (χ1n) is 7.03. The number of aromatic nitrogens is 2. The number of H-pyrrole nitrogens is 1. The molecule has 0 aliphatic rings. The molecule has 0 fully saturated rings. The molecule has 1 aromatic heterocycles. The minimum absolute atomic E-state index is 0.00545. The van der Waals surface area contributed by atoms with Crippen molar-refractivity contribution in [3.05, 3.63) is 47.3 Å². The third-order valence-electron chi connectivity index (χ3n) is 3.00. The number of amides is 2. The van der Waals surface area contributed by atoms with Crippen molar-refractivity contribution in [1.82, 2.24) is 26.4 Å². The molecular weight excluding hydrogens is 330 g/mol. The molecule has 2 amide bonds. The molecule has 2 aromatic rings. The minimum atomic E-state index is -0.467. The molecule has 0 atom stereocenters. The monoisotopic (exact) mass is 347 g/mol. The number of carbonyl (C=O) groups excluding carboxylic acids is 2. The Morgan fingerprint density at radius 3 is 2.54 bits per heavy atom. The lowest BCUT2D eigenvalue weighted by Crippen LogP contribution is -2.48. The fourth-order valence-electron chi connectivity index (χ4n) is 1.84. The molecule has 0 unspecified atom stereocenters. The average molecular weight is 347 g/mol. The summed E-state index contributed by atoms with van der Waals surface area (Å²) < 4.78 is 5.05. The molecule has 126 valence electrons. The number of hydrogen-bond acceptors (Lipinski definition) is 5. The van der Waals surface area contributed by atoms with Crippen LogP contribution in [0.5, 0.6) is 5.75 Å². The molecule has 0 radical (unpaired) electrons. The molecule has 0 bridgehead atoms. The van der Waals surface area contributed by atoms with Crippen LogP contribution in [0.3, 0.4) is 0 Å². The smallest absolute Gasteiger partial charge is 0.290 e. The van der Waals surface area contributed by atoms with Crippen molar-refractivity contribution in [3.8, 4) is 5.75 Å². The lowest BCUT2D eigenvalue weighted by atomic mass is 10.1. The summed E-state index contributed by atoms with van der Waals surface area (Å²) in [6, 6.07) is 8.70. The second-order valence-electron chi connectivity index (χ2n) is 4.92. The van der Waals surface area contributed by atoms with E-state index < -0.39 is 5.91 Å². The first-order valence-corrected chi connectivity index (χ1v) is 7.44. The van der Waals surface area contributed by atoms with Gasteiger partial charge in [0.15, 0.2) is 10.8 Å². The number of aromatic amines is 1. The second kappa shape index (κ2) is 8.06. The second-order valence-corrected chi connectivity index (χ2v) is 5.33. The highest BCUT2D eigenvalue weighted by Gasteiger charge is 2.10. The summed E-state index contributed by atoms with van der Waals surface area (Å²) >= 11 is 4.95. The van der Waals surface area contributed by atoms with E-state index in [0.29, 0.717) is 5.75 Å². The van der Waals surface area contributed by atoms with Gasteiger partial charge in [-0.15, -0.1) is 0 Å². The number of nitrogens with one attached hydrogen (secondary N) is 4. The van der Waals surface area contributed by atoms with E-state index in [1.807, 2.05) is 0 Å². The lowest BCUT2D eigenvalue weighted by Gasteiger charge is -2.10. The standard InChI is InChI=1S/C15H17N5O3S/c1-9-7-12(18-17-9)14(22)19-20-15(24)16-13(21)8-10-3-5-11(23-2)6-4-10/h3-7H,8H2,1-2H3,(H,17,18)(H,19,22)(H2,16,20,21,24). The first kappa shape index (κ1) is 17.4. The molecule has 1 heterocycles. The van der Waals surface area contributed by atoms with Crippen LogP contribution in [0.2, 0.25) is 0 Å². The van der Waals surface area contributed by atoms with Crippen molar-refractivity contribution < 1.29 is 14.3 Å². The molecule has 1 aromatic carbocycles. The van der Waals surface area contributed by atoms with Crippen LogP contribution in [0.4, 0.5) is 0 Å². The van der Waals surface area contributed by atoms with Crippen molar-refractivity contribution >= 4 is 29.1 Å². The highest BCUT2D eigenvalue weighted by atomic mass is 32.1. The molecule has 0 spiro atoms. The number of nitrogens with zero attached hydrogens (tertiary/aromatic N) is 1. The van der Waals surface area contributed by atoms with Crippen LogP contribution < -0.4 is 20.9 Å². The number of thiocarbonyl (C=S) groups is 1. The molecule has 0 aliphatic carbocycles. The Morgan fingerprint density at radius 2 is 1.96 bits per heavy atom. The SMILES string of the molecule is COc1ccc(CC(=O)NC(=S)NNC(=O)c2cc(C)[nH]n2)cc1. The Hall–Kier alpha value is -2.94. The first-order chi connectivity index (χ1) is 11.5. The van der Waals surface area contributed by atoms with Gasteiger partial charge in [-0.3, -0.25) is 25.5 Å². The number of carbonyl (C=O) groups is 2. The third-order valence-corrected chi connectivity index (χ3v) is 3.21. The van der Waals surface area contributed by atoms with E-state index in [1.165, 1.54) is 0 Å². The predicted octanol–water partition coefficient (Wildman–Crippen LogP) is 0.605. The van der Waals surface area contributed by atoms with Gasteiger partial charge in [-0.1, -0.05) is 12.1 Å². The van der Waals surface area contributed by atoms with Gasteiger partial charge in [0.1, 0.15) is 5.75 Å². The largest absolute Gasteiger partial charge is 0.497 e. The van der Waals surface area contributed by atoms with Gasteiger partial charge in [-0.2, -0.15) is 5.10 Å². The third kappa shape index (κ3) is 5.06. The summed E-state index contributed by atoms with van der Waals surface area (Å²) in [7, 11) is 1.57. The molecule has 0 aliphatic heterocycles. The Labute approximate surface area is 143 Å². The number of hydrazine groups is 1. The van der Waals surface area contributed by atoms with Crippen molar-refractivity contribution in [2.45, 2.75) is 13.3 Å². The number of rotatable bonds is 4. The molecule has 0 saturated heterocycles. The number of ether oxygens (including phenoxy) is 1. The topological polar surface area (TPSA) is 108 Å². The Morgan fingerprint density at radius 1 is 1.25 bits per heavy atom. The van der Waals surface area contributed by atoms with E-state index in [1.54, 1.807) is 44.4 Å². The number of hydrogen-bond donors (Lipinski definition) is 4. The summed E-state index contributed by atoms with van der Waals surface area (Å²) in [5, 5.41) is 8.93. The molecule has 0 saturated carbocycles. The quantitative estimate of drug-likeness (QED) is 0.477. The fourth-order valence-corrected chi connectivity index (χ4v) is 2.01. The summed E-state index contributed by atoms with van der Waals surface area (Å²) in [6.45, 7) is 1.78. The molecular formula is C15H17N5O3S. The van der Waals surface area contributed by atoms with Crippen LogP contribution in [0.25, 0.3) is 0 Å². The summed E-state index contributed by atoms with van der Waals surface area (Å²) in [6.07, 6.45) is 0.151. The number of aryl methyl sites for hydroxylation is 1. The van der Waals surface area contributed by atoms with E-state index in [4.69, 9.17) is 17.0 Å². The van der Waals surface area contributed by atoms with Crippen LogP contribution in [-0.2, 0) is 11.2 Å². The van der Waals surface area contributed by atoms with Crippen molar-refractivity contribution in [2.24, 2.45) is 0 Å². The maximum Gasteiger partial charge on any atom is 0.290 e. The molecule has 2 rings (SSSR count). The van der Waals surface area contributed by atoms with Crippen LogP contribution in [0.15, 0.2) is 30.3 Å². The van der Waals surface area contributed by atoms with Gasteiger partial charge < -0.3 is 10.1 Å². The summed E-state index contributed by atoms with van der Waals surface area (Å²) in [4.78, 5) is 23.7. The van der Waals surface area contributed by atoms with Crippen LogP contribution >= 0.6 is 12.2 Å². The highest BCUT2D eigenvalue weighted by molar-refractivity contribution is 7.80. The van der Waals surface area contributed by atoms with E-state index in [-0.39, 0.29) is 23.1 Å². The van der Waals surface area contributed by atoms with Gasteiger partial charge in [0, 0.05) is 5.69 Å². The lowest BCUT2D eigenvalue weighted by molar-refractivity contribution is -0.119. The number of methoxy groups -OCH3 is 1. The molecule has 24 heavy (non-hydrogen) atoms. The van der Waals surface area contributed by atoms with Crippen molar-refractivity contribution in [1.29, 1.82) is 0 Å². The van der Waals surface area contributed by atoms with Crippen molar-refractivity contribution in [3.63, 3.8) is 0 Å². The Bertz CT molecular complexity index is 742. The average Bonchev–Trinajstić information content (AvgIpc) is 3.00. The number of benzene rings is 1. The zero-order valence-electron chi connectivity index (χ0n) is 13.2. The molecule has 8 nitrogen and oxygen atoms in total.